The summed E-state index contributed by atoms with van der Waals surface area (Å²) in [6, 6.07) is 13.4. The number of fused-ring (bicyclic) bond motifs is 2. The number of aromatic hydroxyl groups is 1. The molecule has 0 bridgehead atoms. The Hall–Kier alpha value is -4.88. The van der Waals surface area contributed by atoms with E-state index in [-0.39, 0.29) is 62.5 Å². The molecule has 2 aliphatic rings. The Morgan fingerprint density at radius 2 is 1.95 bits per heavy atom. The lowest BCUT2D eigenvalue weighted by Crippen LogP contribution is -2.76. The molecule has 0 spiro atoms. The topological polar surface area (TPSA) is 122 Å². The lowest BCUT2D eigenvalue weighted by Gasteiger charge is -2.55. The highest BCUT2D eigenvalue weighted by molar-refractivity contribution is 7.16. The number of aromatic nitrogens is 2. The smallest absolute Gasteiger partial charge is 0.334 e. The quantitative estimate of drug-likeness (QED) is 0.292. The van der Waals surface area contributed by atoms with Gasteiger partial charge in [0.1, 0.15) is 23.8 Å². The van der Waals surface area contributed by atoms with Crippen LogP contribution in [0.15, 0.2) is 79.0 Å². The third-order valence-corrected chi connectivity index (χ3v) is 8.61. The summed E-state index contributed by atoms with van der Waals surface area (Å²) in [6.07, 6.45) is 2.57. The van der Waals surface area contributed by atoms with Gasteiger partial charge in [0.05, 0.1) is 41.1 Å². The number of benzene rings is 2. The zero-order valence-electron chi connectivity index (χ0n) is 23.7. The minimum atomic E-state index is -0.936. The second-order valence-corrected chi connectivity index (χ2v) is 11.4. The van der Waals surface area contributed by atoms with E-state index in [9.17, 15) is 23.9 Å². The highest BCUT2D eigenvalue weighted by Crippen LogP contribution is 2.31. The van der Waals surface area contributed by atoms with Crippen LogP contribution in [0.2, 0.25) is 0 Å². The van der Waals surface area contributed by atoms with Gasteiger partial charge in [0.25, 0.3) is 0 Å². The Balaban J connectivity index is 1.37. The van der Waals surface area contributed by atoms with E-state index in [4.69, 9.17) is 0 Å². The van der Waals surface area contributed by atoms with Crippen molar-refractivity contribution in [1.82, 2.24) is 35.1 Å². The number of rotatable bonds is 8. The van der Waals surface area contributed by atoms with Gasteiger partial charge in [-0.2, -0.15) is 0 Å². The number of hydrazine groups is 1. The van der Waals surface area contributed by atoms with E-state index in [0.29, 0.717) is 21.5 Å². The number of carbonyl (C=O) groups excluding carboxylic acids is 3. The third-order valence-electron chi connectivity index (χ3n) is 7.77. The first kappa shape index (κ1) is 29.2. The van der Waals surface area contributed by atoms with Crippen LogP contribution in [0.4, 0.5) is 9.18 Å². The molecule has 13 heteroatoms. The molecule has 2 aromatic carbocycles. The number of hydrogen-bond acceptors (Lipinski definition) is 8. The molecule has 4 amide bonds. The first-order chi connectivity index (χ1) is 21.3. The van der Waals surface area contributed by atoms with E-state index in [2.05, 4.69) is 21.9 Å². The van der Waals surface area contributed by atoms with Crippen molar-refractivity contribution < 1.29 is 23.9 Å². The summed E-state index contributed by atoms with van der Waals surface area (Å²) in [4.78, 5) is 53.4. The van der Waals surface area contributed by atoms with Crippen LogP contribution in [0.3, 0.4) is 0 Å². The Labute approximate surface area is 256 Å². The molecule has 2 aliphatic heterocycles. The number of pyridine rings is 1. The van der Waals surface area contributed by atoms with Crippen LogP contribution in [0.25, 0.3) is 10.2 Å². The lowest BCUT2D eigenvalue weighted by molar-refractivity contribution is -0.189. The Kier molecular flexibility index (Phi) is 8.22. The maximum absolute atomic E-state index is 14.5. The summed E-state index contributed by atoms with van der Waals surface area (Å²) >= 11 is 1.18. The summed E-state index contributed by atoms with van der Waals surface area (Å²) in [5.41, 5.74) is 4.08. The van der Waals surface area contributed by atoms with Crippen LogP contribution >= 0.6 is 11.3 Å². The second-order valence-electron chi connectivity index (χ2n) is 10.6. The summed E-state index contributed by atoms with van der Waals surface area (Å²) in [5, 5.41) is 15.8. The number of hydrogen-bond donors (Lipinski definition) is 2. The van der Waals surface area contributed by atoms with E-state index in [1.807, 2.05) is 6.07 Å². The molecular weight excluding hydrogens is 585 g/mol. The van der Waals surface area contributed by atoms with Crippen molar-refractivity contribution in [2.24, 2.45) is 0 Å². The van der Waals surface area contributed by atoms with E-state index in [1.54, 1.807) is 58.0 Å². The first-order valence-electron chi connectivity index (χ1n) is 14.0. The molecule has 226 valence electrons. The number of urea groups is 1. The summed E-state index contributed by atoms with van der Waals surface area (Å²) in [6.45, 7) is 4.19. The minimum absolute atomic E-state index is 0.0182. The summed E-state index contributed by atoms with van der Waals surface area (Å²) in [7, 11) is 0. The van der Waals surface area contributed by atoms with Gasteiger partial charge in [0, 0.05) is 25.7 Å². The molecule has 4 aromatic rings. The number of halogens is 1. The van der Waals surface area contributed by atoms with Gasteiger partial charge in [0.2, 0.25) is 11.8 Å². The highest BCUT2D eigenvalue weighted by atomic mass is 32.1. The third kappa shape index (κ3) is 5.71. The predicted octanol–water partition coefficient (Wildman–Crippen LogP) is 3.27. The van der Waals surface area contributed by atoms with Gasteiger partial charge < -0.3 is 20.2 Å². The van der Waals surface area contributed by atoms with Crippen LogP contribution in [-0.4, -0.2) is 84.6 Å². The maximum atomic E-state index is 14.5. The fourth-order valence-electron chi connectivity index (χ4n) is 5.75. The van der Waals surface area contributed by atoms with Crippen molar-refractivity contribution in [3.8, 4) is 5.75 Å². The van der Waals surface area contributed by atoms with Gasteiger partial charge in [-0.05, 0) is 41.5 Å². The van der Waals surface area contributed by atoms with E-state index in [1.165, 1.54) is 39.4 Å². The highest BCUT2D eigenvalue weighted by Gasteiger charge is 2.51. The molecule has 0 radical (unpaired) electrons. The zero-order valence-corrected chi connectivity index (χ0v) is 24.5. The second kappa shape index (κ2) is 12.4. The molecule has 2 aromatic heterocycles. The molecule has 0 aliphatic carbocycles. The van der Waals surface area contributed by atoms with Gasteiger partial charge in [-0.3, -0.25) is 14.6 Å². The zero-order chi connectivity index (χ0) is 30.8. The summed E-state index contributed by atoms with van der Waals surface area (Å²) < 4.78 is 14.9. The van der Waals surface area contributed by atoms with E-state index < -0.39 is 18.2 Å². The average Bonchev–Trinajstić information content (AvgIpc) is 3.52. The van der Waals surface area contributed by atoms with Gasteiger partial charge in [-0.15, -0.1) is 17.9 Å². The molecule has 2 N–H and O–H groups in total. The summed E-state index contributed by atoms with van der Waals surface area (Å²) in [5.74, 6) is -0.912. The molecule has 0 saturated carbocycles. The van der Waals surface area contributed by atoms with Crippen LogP contribution in [0.5, 0.6) is 5.75 Å². The first-order valence-corrected chi connectivity index (χ1v) is 14.9. The van der Waals surface area contributed by atoms with Crippen molar-refractivity contribution in [1.29, 1.82) is 0 Å². The van der Waals surface area contributed by atoms with Crippen LogP contribution < -0.4 is 5.32 Å². The molecule has 2 fully saturated rings. The predicted molar refractivity (Wildman–Crippen MR) is 161 cm³/mol. The van der Waals surface area contributed by atoms with Gasteiger partial charge in [-0.25, -0.2) is 24.2 Å². The Bertz CT molecular complexity index is 1700. The van der Waals surface area contributed by atoms with Gasteiger partial charge in [-0.1, -0.05) is 30.3 Å². The van der Waals surface area contributed by atoms with Crippen LogP contribution in [0.1, 0.15) is 16.8 Å². The van der Waals surface area contributed by atoms with Crippen molar-refractivity contribution in [3.63, 3.8) is 0 Å². The van der Waals surface area contributed by atoms with Gasteiger partial charge in [0.15, 0.2) is 0 Å². The van der Waals surface area contributed by atoms with Gasteiger partial charge >= 0.3 is 6.03 Å². The van der Waals surface area contributed by atoms with Crippen LogP contribution in [-0.2, 0) is 29.1 Å². The number of amides is 4. The maximum Gasteiger partial charge on any atom is 0.334 e. The van der Waals surface area contributed by atoms with Crippen molar-refractivity contribution >= 4 is 39.4 Å². The lowest BCUT2D eigenvalue weighted by atomic mass is 9.98. The van der Waals surface area contributed by atoms with Crippen molar-refractivity contribution in [2.45, 2.75) is 31.7 Å². The fraction of sp³-hybridized carbons (Fsp3) is 0.258. The normalized spacial score (nSPS) is 18.9. The van der Waals surface area contributed by atoms with Crippen molar-refractivity contribution in [2.75, 3.05) is 19.6 Å². The number of piperazine rings is 1. The monoisotopic (exact) mass is 615 g/mol. The number of phenolic OH excluding ortho intramolecular Hbond substituents is 1. The molecule has 6 rings (SSSR count). The number of phenols is 1. The largest absolute Gasteiger partial charge is 0.508 e. The number of nitrogens with zero attached hydrogens (tertiary/aromatic N) is 6. The van der Waals surface area contributed by atoms with E-state index in [0.717, 1.165) is 5.56 Å². The molecule has 0 unspecified atom stereocenters. The molecule has 11 nitrogen and oxygen atoms in total. The minimum Gasteiger partial charge on any atom is -0.508 e. The molecular formula is C31H30FN7O4S. The number of nitrogens with one attached hydrogen (secondary N) is 1. The number of thiazole rings is 1. The fourth-order valence-corrected chi connectivity index (χ4v) is 6.49. The molecule has 2 atom stereocenters. The molecule has 44 heavy (non-hydrogen) atoms. The Morgan fingerprint density at radius 1 is 1.14 bits per heavy atom. The molecule has 2 saturated heterocycles. The standard InChI is InChI=1S/C31H30FN7O4S/c1-2-13-37-18-27(41)38-25(14-20-6-9-23(40)10-7-20)30(42)36(16-21-8-11-24(32)29-28(21)35-19-44-29)17-26(38)39(37)31(43)34-15-22-5-3-4-12-33-22/h2-12,19,25-26,40H,1,13-18H2,(H,34,43)/t25-,26-/m0/s1. The number of carbonyl (C=O) groups is 3. The van der Waals surface area contributed by atoms with Crippen molar-refractivity contribution in [3.05, 3.63) is 102 Å². The average molecular weight is 616 g/mol. The van der Waals surface area contributed by atoms with Crippen LogP contribution in [0, 0.1) is 5.82 Å². The van der Waals surface area contributed by atoms with E-state index >= 15 is 0 Å². The molecule has 4 heterocycles. The SMILES string of the molecule is C=CCN1CC(=O)N2[C@@H](Cc3ccc(O)cc3)C(=O)N(Cc3ccc(F)c4scnc34)C[C@@H]2N1C(=O)NCc1ccccn1. The Morgan fingerprint density at radius 3 is 2.70 bits per heavy atom.